The number of carbonyl (C=O) groups excluding carboxylic acids is 1. The molecule has 7 heteroatoms. The lowest BCUT2D eigenvalue weighted by Crippen LogP contribution is -2.25. The molecule has 0 saturated carbocycles. The third kappa shape index (κ3) is 3.77. The first-order valence-electron chi connectivity index (χ1n) is 6.73. The fraction of sp³-hybridized carbons (Fsp3) is 0.429. The van der Waals surface area contributed by atoms with E-state index in [1.807, 2.05) is 6.07 Å². The number of amides is 1. The molecule has 21 heavy (non-hydrogen) atoms. The maximum absolute atomic E-state index is 12.3. The molecule has 0 saturated heterocycles. The normalized spacial score (nSPS) is 11.2. The summed E-state index contributed by atoms with van der Waals surface area (Å²) >= 11 is 0. The van der Waals surface area contributed by atoms with Crippen LogP contribution in [0.1, 0.15) is 42.6 Å². The molecule has 2 rings (SSSR count). The number of pyridine rings is 1. The number of anilines is 1. The standard InChI is InChI=1S/C14H20N6O/c1-14(2,3)10-5-9(6-11(15-4)19-10)13(21)16-7-12-17-8-18-20-12/h5-6,8H,7H2,1-4H3,(H,15,19)(H,16,21)(H,17,18,20). The number of carbonyl (C=O) groups is 1. The third-order valence-corrected chi connectivity index (χ3v) is 2.99. The van der Waals surface area contributed by atoms with Gasteiger partial charge in [-0.15, -0.1) is 0 Å². The average Bonchev–Trinajstić information content (AvgIpc) is 2.96. The Bertz CT molecular complexity index is 615. The van der Waals surface area contributed by atoms with Crippen molar-refractivity contribution in [3.05, 3.63) is 35.5 Å². The molecule has 1 amide bonds. The highest BCUT2D eigenvalue weighted by Crippen LogP contribution is 2.23. The molecule has 112 valence electrons. The summed E-state index contributed by atoms with van der Waals surface area (Å²) in [6.07, 6.45) is 1.41. The summed E-state index contributed by atoms with van der Waals surface area (Å²) in [5.74, 6) is 1.12. The molecule has 0 bridgehead atoms. The highest BCUT2D eigenvalue weighted by molar-refractivity contribution is 5.95. The van der Waals surface area contributed by atoms with Crippen LogP contribution in [0.4, 0.5) is 5.82 Å². The van der Waals surface area contributed by atoms with Crippen LogP contribution in [-0.4, -0.2) is 33.1 Å². The Morgan fingerprint density at radius 3 is 2.67 bits per heavy atom. The zero-order valence-electron chi connectivity index (χ0n) is 12.7. The van der Waals surface area contributed by atoms with Gasteiger partial charge in [-0.2, -0.15) is 5.10 Å². The van der Waals surface area contributed by atoms with Gasteiger partial charge < -0.3 is 10.6 Å². The first kappa shape index (κ1) is 15.0. The van der Waals surface area contributed by atoms with Crippen molar-refractivity contribution in [3.63, 3.8) is 0 Å². The molecule has 2 aromatic heterocycles. The van der Waals surface area contributed by atoms with Crippen molar-refractivity contribution in [2.24, 2.45) is 0 Å². The van der Waals surface area contributed by atoms with Gasteiger partial charge in [0.2, 0.25) is 0 Å². The van der Waals surface area contributed by atoms with Crippen LogP contribution in [0.5, 0.6) is 0 Å². The van der Waals surface area contributed by atoms with Gasteiger partial charge in [-0.3, -0.25) is 9.89 Å². The van der Waals surface area contributed by atoms with Gasteiger partial charge >= 0.3 is 0 Å². The summed E-state index contributed by atoms with van der Waals surface area (Å²) in [7, 11) is 1.78. The number of aromatic amines is 1. The zero-order chi connectivity index (χ0) is 15.5. The fourth-order valence-electron chi connectivity index (χ4n) is 1.76. The molecule has 0 aliphatic rings. The number of nitrogens with one attached hydrogen (secondary N) is 3. The van der Waals surface area contributed by atoms with E-state index < -0.39 is 0 Å². The van der Waals surface area contributed by atoms with Crippen molar-refractivity contribution < 1.29 is 4.79 Å². The summed E-state index contributed by atoms with van der Waals surface area (Å²) in [6, 6.07) is 3.54. The van der Waals surface area contributed by atoms with E-state index in [-0.39, 0.29) is 11.3 Å². The topological polar surface area (TPSA) is 95.6 Å². The molecule has 0 fully saturated rings. The highest BCUT2D eigenvalue weighted by atomic mass is 16.1. The zero-order valence-corrected chi connectivity index (χ0v) is 12.7. The smallest absolute Gasteiger partial charge is 0.251 e. The predicted octanol–water partition coefficient (Wildman–Crippen LogP) is 1.47. The van der Waals surface area contributed by atoms with Crippen LogP contribution in [0.3, 0.4) is 0 Å². The summed E-state index contributed by atoms with van der Waals surface area (Å²) < 4.78 is 0. The molecular formula is C14H20N6O. The van der Waals surface area contributed by atoms with Crippen molar-refractivity contribution in [2.75, 3.05) is 12.4 Å². The SMILES string of the molecule is CNc1cc(C(=O)NCc2ncn[nH]2)cc(C(C)(C)C)n1. The molecule has 0 atom stereocenters. The van der Waals surface area contributed by atoms with Crippen molar-refractivity contribution in [3.8, 4) is 0 Å². The molecule has 3 N–H and O–H groups in total. The predicted molar refractivity (Wildman–Crippen MR) is 80.0 cm³/mol. The monoisotopic (exact) mass is 288 g/mol. The number of rotatable bonds is 4. The number of H-pyrrole nitrogens is 1. The van der Waals surface area contributed by atoms with Gasteiger partial charge in [0, 0.05) is 23.7 Å². The Morgan fingerprint density at radius 2 is 2.10 bits per heavy atom. The van der Waals surface area contributed by atoms with E-state index in [1.165, 1.54) is 6.33 Å². The van der Waals surface area contributed by atoms with E-state index in [9.17, 15) is 4.79 Å². The maximum Gasteiger partial charge on any atom is 0.251 e. The van der Waals surface area contributed by atoms with Crippen molar-refractivity contribution in [1.82, 2.24) is 25.5 Å². The maximum atomic E-state index is 12.3. The molecule has 0 radical (unpaired) electrons. The fourth-order valence-corrected chi connectivity index (χ4v) is 1.76. The van der Waals surface area contributed by atoms with E-state index in [2.05, 4.69) is 51.6 Å². The molecule has 0 aliphatic carbocycles. The van der Waals surface area contributed by atoms with Crippen LogP contribution >= 0.6 is 0 Å². The lowest BCUT2D eigenvalue weighted by atomic mass is 9.90. The van der Waals surface area contributed by atoms with Crippen LogP contribution in [0.2, 0.25) is 0 Å². The Morgan fingerprint density at radius 1 is 1.33 bits per heavy atom. The van der Waals surface area contributed by atoms with E-state index in [0.29, 0.717) is 23.8 Å². The van der Waals surface area contributed by atoms with Crippen LogP contribution in [0.15, 0.2) is 18.5 Å². The van der Waals surface area contributed by atoms with Gasteiger partial charge in [0.05, 0.1) is 6.54 Å². The second-order valence-corrected chi connectivity index (χ2v) is 5.74. The lowest BCUT2D eigenvalue weighted by Gasteiger charge is -2.19. The van der Waals surface area contributed by atoms with Gasteiger partial charge in [0.25, 0.3) is 5.91 Å². The first-order valence-corrected chi connectivity index (χ1v) is 6.73. The third-order valence-electron chi connectivity index (χ3n) is 2.99. The Hall–Kier alpha value is -2.44. The lowest BCUT2D eigenvalue weighted by molar-refractivity contribution is 0.0949. The minimum absolute atomic E-state index is 0.132. The number of nitrogens with zero attached hydrogens (tertiary/aromatic N) is 3. The van der Waals surface area contributed by atoms with Crippen LogP contribution in [-0.2, 0) is 12.0 Å². The van der Waals surface area contributed by atoms with E-state index in [1.54, 1.807) is 13.1 Å². The van der Waals surface area contributed by atoms with Gasteiger partial charge in [-0.25, -0.2) is 9.97 Å². The molecule has 2 heterocycles. The summed E-state index contributed by atoms with van der Waals surface area (Å²) in [5, 5.41) is 12.2. The van der Waals surface area contributed by atoms with Crippen LogP contribution in [0.25, 0.3) is 0 Å². The molecule has 0 unspecified atom stereocenters. The van der Waals surface area contributed by atoms with Gasteiger partial charge in [-0.1, -0.05) is 20.8 Å². The Balaban J connectivity index is 2.19. The molecule has 0 aliphatic heterocycles. The van der Waals surface area contributed by atoms with Crippen molar-refractivity contribution in [2.45, 2.75) is 32.7 Å². The molecule has 0 aromatic carbocycles. The van der Waals surface area contributed by atoms with Crippen LogP contribution < -0.4 is 10.6 Å². The van der Waals surface area contributed by atoms with Gasteiger partial charge in [0.15, 0.2) is 0 Å². The summed E-state index contributed by atoms with van der Waals surface area (Å²) in [6.45, 7) is 6.49. The molecule has 2 aromatic rings. The second kappa shape index (κ2) is 5.90. The largest absolute Gasteiger partial charge is 0.373 e. The Labute approximate surface area is 123 Å². The quantitative estimate of drug-likeness (QED) is 0.791. The molecule has 7 nitrogen and oxygen atoms in total. The number of hydrogen-bond donors (Lipinski definition) is 3. The van der Waals surface area contributed by atoms with E-state index >= 15 is 0 Å². The van der Waals surface area contributed by atoms with Crippen molar-refractivity contribution in [1.29, 1.82) is 0 Å². The minimum Gasteiger partial charge on any atom is -0.373 e. The number of aromatic nitrogens is 4. The van der Waals surface area contributed by atoms with Gasteiger partial charge in [-0.05, 0) is 12.1 Å². The summed E-state index contributed by atoms with van der Waals surface area (Å²) in [4.78, 5) is 20.7. The summed E-state index contributed by atoms with van der Waals surface area (Å²) in [5.41, 5.74) is 1.30. The Kier molecular flexibility index (Phi) is 4.21. The molecule has 0 spiro atoms. The van der Waals surface area contributed by atoms with E-state index in [0.717, 1.165) is 5.69 Å². The average molecular weight is 288 g/mol. The first-order chi connectivity index (χ1) is 9.90. The second-order valence-electron chi connectivity index (χ2n) is 5.74. The minimum atomic E-state index is -0.171. The van der Waals surface area contributed by atoms with Gasteiger partial charge in [0.1, 0.15) is 18.0 Å². The van der Waals surface area contributed by atoms with Crippen molar-refractivity contribution >= 4 is 11.7 Å². The highest BCUT2D eigenvalue weighted by Gasteiger charge is 2.19. The van der Waals surface area contributed by atoms with E-state index in [4.69, 9.17) is 0 Å². The molecular weight excluding hydrogens is 268 g/mol. The number of hydrogen-bond acceptors (Lipinski definition) is 5. The van der Waals surface area contributed by atoms with Crippen LogP contribution in [0, 0.1) is 0 Å².